The molecule has 2 aromatic heterocycles. The highest BCUT2D eigenvalue weighted by atomic mass is 15.3. The summed E-state index contributed by atoms with van der Waals surface area (Å²) in [6, 6.07) is 2.05. The standard InChI is InChI=1S/C12H20N6/c1-3-7-18-11(5-6-15-18)8-13-9-12-16-14-10-17(12)4-2/h5-6,10,13H,3-4,7-9H2,1-2H3. The van der Waals surface area contributed by atoms with Crippen LogP contribution in [0.4, 0.5) is 0 Å². The largest absolute Gasteiger partial charge is 0.317 e. The van der Waals surface area contributed by atoms with E-state index in [4.69, 9.17) is 0 Å². The third kappa shape index (κ3) is 2.95. The lowest BCUT2D eigenvalue weighted by Crippen LogP contribution is -2.19. The maximum atomic E-state index is 4.30. The average Bonchev–Trinajstić information content (AvgIpc) is 2.99. The van der Waals surface area contributed by atoms with Crippen molar-refractivity contribution >= 4 is 0 Å². The summed E-state index contributed by atoms with van der Waals surface area (Å²) >= 11 is 0. The van der Waals surface area contributed by atoms with Crippen molar-refractivity contribution in [3.8, 4) is 0 Å². The topological polar surface area (TPSA) is 60.6 Å². The molecule has 0 atom stereocenters. The molecule has 0 aliphatic heterocycles. The normalized spacial score (nSPS) is 11.0. The van der Waals surface area contributed by atoms with Crippen molar-refractivity contribution in [2.24, 2.45) is 0 Å². The van der Waals surface area contributed by atoms with E-state index < -0.39 is 0 Å². The minimum Gasteiger partial charge on any atom is -0.317 e. The second-order valence-electron chi connectivity index (χ2n) is 4.18. The second-order valence-corrected chi connectivity index (χ2v) is 4.18. The molecule has 0 saturated carbocycles. The van der Waals surface area contributed by atoms with Crippen LogP contribution in [0.5, 0.6) is 0 Å². The van der Waals surface area contributed by atoms with Crippen LogP contribution in [-0.2, 0) is 26.2 Å². The van der Waals surface area contributed by atoms with Gasteiger partial charge in [0.15, 0.2) is 0 Å². The third-order valence-corrected chi connectivity index (χ3v) is 2.87. The second kappa shape index (κ2) is 6.30. The molecule has 2 aromatic rings. The van der Waals surface area contributed by atoms with Gasteiger partial charge in [-0.1, -0.05) is 6.92 Å². The fourth-order valence-electron chi connectivity index (χ4n) is 1.91. The highest BCUT2D eigenvalue weighted by molar-refractivity contribution is 5.00. The van der Waals surface area contributed by atoms with Crippen LogP contribution >= 0.6 is 0 Å². The minimum atomic E-state index is 0.727. The molecule has 0 saturated heterocycles. The van der Waals surface area contributed by atoms with Crippen molar-refractivity contribution in [2.75, 3.05) is 0 Å². The molecule has 2 heterocycles. The molecule has 2 rings (SSSR count). The smallest absolute Gasteiger partial charge is 0.146 e. The monoisotopic (exact) mass is 248 g/mol. The van der Waals surface area contributed by atoms with Gasteiger partial charge in [-0.2, -0.15) is 5.10 Å². The Morgan fingerprint density at radius 2 is 2.17 bits per heavy atom. The predicted octanol–water partition coefficient (Wildman–Crippen LogP) is 1.19. The first-order valence-corrected chi connectivity index (χ1v) is 6.43. The van der Waals surface area contributed by atoms with Crippen LogP contribution in [0.1, 0.15) is 31.8 Å². The van der Waals surface area contributed by atoms with Gasteiger partial charge in [-0.25, -0.2) is 0 Å². The molecular formula is C12H20N6. The van der Waals surface area contributed by atoms with E-state index in [1.165, 1.54) is 5.69 Å². The summed E-state index contributed by atoms with van der Waals surface area (Å²) in [6.07, 6.45) is 4.71. The van der Waals surface area contributed by atoms with Crippen molar-refractivity contribution in [2.45, 2.75) is 46.4 Å². The minimum absolute atomic E-state index is 0.727. The molecule has 18 heavy (non-hydrogen) atoms. The molecule has 0 radical (unpaired) electrons. The van der Waals surface area contributed by atoms with Crippen molar-refractivity contribution in [3.63, 3.8) is 0 Å². The SMILES string of the molecule is CCCn1nccc1CNCc1nncn1CC. The molecule has 0 aliphatic rings. The zero-order valence-corrected chi connectivity index (χ0v) is 11.0. The molecule has 0 unspecified atom stereocenters. The van der Waals surface area contributed by atoms with Gasteiger partial charge in [0.2, 0.25) is 0 Å². The number of aryl methyl sites for hydroxylation is 2. The van der Waals surface area contributed by atoms with E-state index in [-0.39, 0.29) is 0 Å². The molecule has 6 heteroatoms. The maximum Gasteiger partial charge on any atom is 0.146 e. The van der Waals surface area contributed by atoms with Crippen LogP contribution in [0.3, 0.4) is 0 Å². The molecule has 0 amide bonds. The first kappa shape index (κ1) is 12.8. The van der Waals surface area contributed by atoms with Crippen LogP contribution in [-0.4, -0.2) is 24.5 Å². The van der Waals surface area contributed by atoms with E-state index in [1.54, 1.807) is 6.33 Å². The van der Waals surface area contributed by atoms with E-state index in [9.17, 15) is 0 Å². The molecular weight excluding hydrogens is 228 g/mol. The molecule has 0 aliphatic carbocycles. The van der Waals surface area contributed by atoms with Crippen LogP contribution in [0, 0.1) is 0 Å². The Bertz CT molecular complexity index is 472. The summed E-state index contributed by atoms with van der Waals surface area (Å²) < 4.78 is 4.08. The zero-order chi connectivity index (χ0) is 12.8. The third-order valence-electron chi connectivity index (χ3n) is 2.87. The van der Waals surface area contributed by atoms with Gasteiger partial charge in [-0.3, -0.25) is 4.68 Å². The van der Waals surface area contributed by atoms with E-state index in [2.05, 4.69) is 34.5 Å². The Kier molecular flexibility index (Phi) is 4.46. The van der Waals surface area contributed by atoms with E-state index in [1.807, 2.05) is 21.5 Å². The molecule has 0 aromatic carbocycles. The Balaban J connectivity index is 1.86. The number of nitrogens with one attached hydrogen (secondary N) is 1. The summed E-state index contributed by atoms with van der Waals surface area (Å²) in [5, 5.41) is 15.7. The van der Waals surface area contributed by atoms with Gasteiger partial charge >= 0.3 is 0 Å². The van der Waals surface area contributed by atoms with Gasteiger partial charge in [0.1, 0.15) is 12.2 Å². The van der Waals surface area contributed by atoms with Crippen molar-refractivity contribution < 1.29 is 0 Å². The first-order valence-electron chi connectivity index (χ1n) is 6.43. The number of nitrogens with zero attached hydrogens (tertiary/aromatic N) is 5. The quantitative estimate of drug-likeness (QED) is 0.799. The van der Waals surface area contributed by atoms with Crippen LogP contribution in [0.15, 0.2) is 18.6 Å². The Hall–Kier alpha value is -1.69. The summed E-state index contributed by atoms with van der Waals surface area (Å²) in [5.74, 6) is 0.971. The maximum absolute atomic E-state index is 4.30. The molecule has 0 bridgehead atoms. The number of hydrogen-bond acceptors (Lipinski definition) is 4. The van der Waals surface area contributed by atoms with Crippen LogP contribution in [0.2, 0.25) is 0 Å². The lowest BCUT2D eigenvalue weighted by atomic mass is 10.4. The highest BCUT2D eigenvalue weighted by Gasteiger charge is 2.04. The summed E-state index contributed by atoms with van der Waals surface area (Å²) in [7, 11) is 0. The van der Waals surface area contributed by atoms with E-state index >= 15 is 0 Å². The van der Waals surface area contributed by atoms with Crippen molar-refractivity contribution in [1.29, 1.82) is 0 Å². The Morgan fingerprint density at radius 1 is 1.28 bits per heavy atom. The van der Waals surface area contributed by atoms with E-state index in [0.29, 0.717) is 0 Å². The Morgan fingerprint density at radius 3 is 2.94 bits per heavy atom. The first-order chi connectivity index (χ1) is 8.85. The van der Waals surface area contributed by atoms with Gasteiger partial charge in [0.05, 0.1) is 12.2 Å². The van der Waals surface area contributed by atoms with Gasteiger partial charge < -0.3 is 9.88 Å². The Labute approximate surface area is 107 Å². The number of hydrogen-bond donors (Lipinski definition) is 1. The molecule has 98 valence electrons. The summed E-state index contributed by atoms with van der Waals surface area (Å²) in [5.41, 5.74) is 1.21. The van der Waals surface area contributed by atoms with Gasteiger partial charge in [-0.15, -0.1) is 10.2 Å². The molecule has 0 spiro atoms. The highest BCUT2D eigenvalue weighted by Crippen LogP contribution is 2.01. The van der Waals surface area contributed by atoms with Crippen molar-refractivity contribution in [3.05, 3.63) is 30.1 Å². The van der Waals surface area contributed by atoms with Gasteiger partial charge in [-0.05, 0) is 19.4 Å². The lowest BCUT2D eigenvalue weighted by Gasteiger charge is -2.08. The predicted molar refractivity (Wildman–Crippen MR) is 68.8 cm³/mol. The number of aromatic nitrogens is 5. The summed E-state index contributed by atoms with van der Waals surface area (Å²) in [6.45, 7) is 7.64. The lowest BCUT2D eigenvalue weighted by molar-refractivity contribution is 0.539. The molecule has 6 nitrogen and oxygen atoms in total. The number of rotatable bonds is 7. The van der Waals surface area contributed by atoms with Crippen LogP contribution < -0.4 is 5.32 Å². The average molecular weight is 248 g/mol. The molecule has 0 fully saturated rings. The van der Waals surface area contributed by atoms with Gasteiger partial charge in [0.25, 0.3) is 0 Å². The summed E-state index contributed by atoms with van der Waals surface area (Å²) in [4.78, 5) is 0. The zero-order valence-electron chi connectivity index (χ0n) is 11.0. The van der Waals surface area contributed by atoms with Crippen LogP contribution in [0.25, 0.3) is 0 Å². The van der Waals surface area contributed by atoms with Crippen molar-refractivity contribution in [1.82, 2.24) is 29.9 Å². The van der Waals surface area contributed by atoms with E-state index in [0.717, 1.165) is 38.4 Å². The fraction of sp³-hybridized carbons (Fsp3) is 0.583. The fourth-order valence-corrected chi connectivity index (χ4v) is 1.91. The van der Waals surface area contributed by atoms with Gasteiger partial charge in [0, 0.05) is 25.8 Å². The molecule has 1 N–H and O–H groups in total.